The van der Waals surface area contributed by atoms with E-state index in [4.69, 9.17) is 4.74 Å². The number of nitro groups is 1. The largest absolute Gasteiger partial charge is 0.482 e. The molecule has 0 aromatic heterocycles. The maximum Gasteiger partial charge on any atom is 0.271 e. The molecule has 0 saturated heterocycles. The first-order valence-electron chi connectivity index (χ1n) is 5.61. The molecule has 0 N–H and O–H groups in total. The molecule has 1 heterocycles. The van der Waals surface area contributed by atoms with Crippen LogP contribution < -0.4 is 9.64 Å². The third-order valence-corrected chi connectivity index (χ3v) is 2.87. The standard InChI is InChI=1S/C12H12N2O4S/c15-12-8-18-11-4-3-9(14(16)17)7-10(11)13(12)5-1-2-6-19/h1-4,7,19H,5-6,8H2. The second kappa shape index (κ2) is 5.75. The van der Waals surface area contributed by atoms with Crippen molar-refractivity contribution < 1.29 is 14.5 Å². The fourth-order valence-electron chi connectivity index (χ4n) is 1.76. The maximum atomic E-state index is 11.8. The number of benzene rings is 1. The van der Waals surface area contributed by atoms with E-state index >= 15 is 0 Å². The summed E-state index contributed by atoms with van der Waals surface area (Å²) in [6.45, 7) is 0.288. The van der Waals surface area contributed by atoms with Gasteiger partial charge in [0, 0.05) is 24.4 Å². The topological polar surface area (TPSA) is 72.7 Å². The number of hydrogen-bond acceptors (Lipinski definition) is 5. The molecule has 1 aromatic rings. The number of rotatable bonds is 4. The van der Waals surface area contributed by atoms with Gasteiger partial charge < -0.3 is 9.64 Å². The number of anilines is 1. The zero-order valence-corrected chi connectivity index (χ0v) is 10.9. The Kier molecular flexibility index (Phi) is 4.06. The second-order valence-corrected chi connectivity index (χ2v) is 4.22. The summed E-state index contributed by atoms with van der Waals surface area (Å²) < 4.78 is 5.25. The quantitative estimate of drug-likeness (QED) is 0.395. The Balaban J connectivity index is 2.35. The van der Waals surface area contributed by atoms with Crippen LogP contribution in [0, 0.1) is 10.1 Å². The molecule has 1 amide bonds. The molecule has 0 saturated carbocycles. The third kappa shape index (κ3) is 2.87. The second-order valence-electron chi connectivity index (χ2n) is 3.86. The molecule has 0 spiro atoms. The number of ether oxygens (including phenoxy) is 1. The number of non-ortho nitro benzene ring substituents is 1. The van der Waals surface area contributed by atoms with Gasteiger partial charge in [-0.3, -0.25) is 14.9 Å². The van der Waals surface area contributed by atoms with Crippen LogP contribution in [0.3, 0.4) is 0 Å². The molecule has 0 bridgehead atoms. The maximum absolute atomic E-state index is 11.8. The fourth-order valence-corrected chi connectivity index (χ4v) is 1.91. The summed E-state index contributed by atoms with van der Waals surface area (Å²) >= 11 is 4.04. The van der Waals surface area contributed by atoms with E-state index in [1.807, 2.05) is 6.08 Å². The minimum Gasteiger partial charge on any atom is -0.482 e. The highest BCUT2D eigenvalue weighted by Gasteiger charge is 2.26. The minimum atomic E-state index is -0.499. The average Bonchev–Trinajstić information content (AvgIpc) is 2.40. The van der Waals surface area contributed by atoms with Gasteiger partial charge in [0.15, 0.2) is 6.61 Å². The first-order valence-corrected chi connectivity index (χ1v) is 6.24. The van der Waals surface area contributed by atoms with Crippen molar-refractivity contribution in [2.45, 2.75) is 0 Å². The lowest BCUT2D eigenvalue weighted by Gasteiger charge is -2.28. The van der Waals surface area contributed by atoms with Crippen LogP contribution in [-0.4, -0.2) is 29.7 Å². The molecular weight excluding hydrogens is 268 g/mol. The molecule has 7 heteroatoms. The molecule has 2 rings (SSSR count). The monoisotopic (exact) mass is 280 g/mol. The first-order chi connectivity index (χ1) is 9.13. The van der Waals surface area contributed by atoms with Gasteiger partial charge in [-0.05, 0) is 6.07 Å². The number of fused-ring (bicyclic) bond motifs is 1. The Morgan fingerprint density at radius 2 is 2.26 bits per heavy atom. The number of carbonyl (C=O) groups excluding carboxylic acids is 1. The smallest absolute Gasteiger partial charge is 0.271 e. The van der Waals surface area contributed by atoms with E-state index in [-0.39, 0.29) is 18.2 Å². The number of hydrogen-bond donors (Lipinski definition) is 1. The molecule has 19 heavy (non-hydrogen) atoms. The fraction of sp³-hybridized carbons (Fsp3) is 0.250. The normalized spacial score (nSPS) is 14.4. The Bertz CT molecular complexity index is 545. The summed E-state index contributed by atoms with van der Waals surface area (Å²) in [5.74, 6) is 0.821. The lowest BCUT2D eigenvalue weighted by Crippen LogP contribution is -2.38. The van der Waals surface area contributed by atoms with E-state index < -0.39 is 4.92 Å². The molecular formula is C12H12N2O4S. The summed E-state index contributed by atoms with van der Waals surface area (Å²) in [5, 5.41) is 10.8. The highest BCUT2D eigenvalue weighted by atomic mass is 32.1. The number of thiol groups is 1. The van der Waals surface area contributed by atoms with Crippen LogP contribution in [0.5, 0.6) is 5.75 Å². The zero-order chi connectivity index (χ0) is 13.8. The van der Waals surface area contributed by atoms with Crippen LogP contribution in [0.15, 0.2) is 30.4 Å². The average molecular weight is 280 g/mol. The molecule has 6 nitrogen and oxygen atoms in total. The predicted molar refractivity (Wildman–Crippen MR) is 73.9 cm³/mol. The van der Waals surface area contributed by atoms with Crippen LogP contribution >= 0.6 is 12.6 Å². The van der Waals surface area contributed by atoms with E-state index in [1.54, 1.807) is 6.08 Å². The Morgan fingerprint density at radius 1 is 1.47 bits per heavy atom. The van der Waals surface area contributed by atoms with Crippen molar-refractivity contribution in [2.24, 2.45) is 0 Å². The van der Waals surface area contributed by atoms with E-state index in [2.05, 4.69) is 12.6 Å². The lowest BCUT2D eigenvalue weighted by atomic mass is 10.2. The number of nitrogens with zero attached hydrogens (tertiary/aromatic N) is 2. The van der Waals surface area contributed by atoms with Crippen molar-refractivity contribution in [3.8, 4) is 5.75 Å². The highest BCUT2D eigenvalue weighted by molar-refractivity contribution is 7.80. The van der Waals surface area contributed by atoms with Crippen LogP contribution in [0.1, 0.15) is 0 Å². The van der Waals surface area contributed by atoms with Crippen molar-refractivity contribution in [2.75, 3.05) is 23.8 Å². The Labute approximate surface area is 115 Å². The number of nitro benzene ring substituents is 1. The Morgan fingerprint density at radius 3 is 2.95 bits per heavy atom. The number of carbonyl (C=O) groups is 1. The van der Waals surface area contributed by atoms with Gasteiger partial charge in [-0.1, -0.05) is 12.2 Å². The van der Waals surface area contributed by atoms with E-state index in [9.17, 15) is 14.9 Å². The van der Waals surface area contributed by atoms with Crippen LogP contribution in [0.2, 0.25) is 0 Å². The summed E-state index contributed by atoms with van der Waals surface area (Å²) in [6, 6.07) is 4.21. The van der Waals surface area contributed by atoms with Gasteiger partial charge in [-0.2, -0.15) is 12.6 Å². The predicted octanol–water partition coefficient (Wildman–Crippen LogP) is 1.81. The molecule has 1 aromatic carbocycles. The molecule has 1 aliphatic heterocycles. The molecule has 0 fully saturated rings. The summed E-state index contributed by atoms with van der Waals surface area (Å²) in [7, 11) is 0. The molecule has 0 atom stereocenters. The minimum absolute atomic E-state index is 0.0560. The van der Waals surface area contributed by atoms with Gasteiger partial charge >= 0.3 is 0 Å². The van der Waals surface area contributed by atoms with Crippen molar-refractivity contribution in [3.63, 3.8) is 0 Å². The highest BCUT2D eigenvalue weighted by Crippen LogP contribution is 2.35. The summed E-state index contributed by atoms with van der Waals surface area (Å²) in [6.07, 6.45) is 3.60. The van der Waals surface area contributed by atoms with Crippen LogP contribution in [-0.2, 0) is 4.79 Å². The van der Waals surface area contributed by atoms with E-state index in [0.717, 1.165) is 0 Å². The van der Waals surface area contributed by atoms with Crippen molar-refractivity contribution in [1.82, 2.24) is 0 Å². The zero-order valence-electron chi connectivity index (χ0n) is 9.98. The summed E-state index contributed by atoms with van der Waals surface area (Å²) in [4.78, 5) is 23.5. The van der Waals surface area contributed by atoms with Crippen LogP contribution in [0.4, 0.5) is 11.4 Å². The molecule has 1 aliphatic rings. The van der Waals surface area contributed by atoms with Crippen molar-refractivity contribution in [1.29, 1.82) is 0 Å². The molecule has 0 unspecified atom stereocenters. The van der Waals surface area contributed by atoms with Gasteiger partial charge in [0.25, 0.3) is 11.6 Å². The van der Waals surface area contributed by atoms with Crippen LogP contribution in [0.25, 0.3) is 0 Å². The van der Waals surface area contributed by atoms with Crippen molar-refractivity contribution >= 4 is 29.9 Å². The Hall–Kier alpha value is -2.02. The molecule has 0 aliphatic carbocycles. The summed E-state index contributed by atoms with van der Waals surface area (Å²) in [5.41, 5.74) is 0.356. The van der Waals surface area contributed by atoms with E-state index in [1.165, 1.54) is 23.1 Å². The first kappa shape index (κ1) is 13.4. The SMILES string of the molecule is O=C1COc2ccc([N+](=O)[O-])cc2N1CC=CCS. The van der Waals surface area contributed by atoms with Gasteiger partial charge in [0.05, 0.1) is 10.6 Å². The lowest BCUT2D eigenvalue weighted by molar-refractivity contribution is -0.384. The van der Waals surface area contributed by atoms with Gasteiger partial charge in [0.1, 0.15) is 5.75 Å². The van der Waals surface area contributed by atoms with Gasteiger partial charge in [-0.15, -0.1) is 0 Å². The van der Waals surface area contributed by atoms with Gasteiger partial charge in [-0.25, -0.2) is 0 Å². The number of amides is 1. The third-order valence-electron chi connectivity index (χ3n) is 2.66. The van der Waals surface area contributed by atoms with Gasteiger partial charge in [0.2, 0.25) is 0 Å². The molecule has 100 valence electrons. The molecule has 0 radical (unpaired) electrons. The van der Waals surface area contributed by atoms with Crippen molar-refractivity contribution in [3.05, 3.63) is 40.5 Å². The van der Waals surface area contributed by atoms with E-state index in [0.29, 0.717) is 23.7 Å².